The number of rotatable bonds is 3. The van der Waals surface area contributed by atoms with E-state index in [9.17, 15) is 0 Å². The second-order valence-electron chi connectivity index (χ2n) is 3.72. The minimum atomic E-state index is 0.131. The summed E-state index contributed by atoms with van der Waals surface area (Å²) >= 11 is 1.74. The van der Waals surface area contributed by atoms with Gasteiger partial charge in [0.1, 0.15) is 0 Å². The fourth-order valence-corrected chi connectivity index (χ4v) is 2.66. The van der Waals surface area contributed by atoms with Gasteiger partial charge in [0, 0.05) is 17.3 Å². The van der Waals surface area contributed by atoms with E-state index in [1.165, 1.54) is 5.01 Å². The van der Waals surface area contributed by atoms with Gasteiger partial charge < -0.3 is 10.5 Å². The Hall–Kier alpha value is -0.450. The molecule has 0 radical (unpaired) electrons. The normalized spacial score (nSPS) is 27.0. The molecule has 1 aromatic rings. The number of thiazole rings is 1. The lowest BCUT2D eigenvalue weighted by Crippen LogP contribution is -2.27. The number of hydrogen-bond acceptors (Lipinski definition) is 4. The standard InChI is InChI=1S/C10H16N2OS/c1-2-3-10-12-9(6-14-10)7-4-13-5-8(7)11/h6-8H,2-5,11H2,1H3. The molecular weight excluding hydrogens is 196 g/mol. The summed E-state index contributed by atoms with van der Waals surface area (Å²) in [5, 5.41) is 3.35. The van der Waals surface area contributed by atoms with Crippen LogP contribution in [0.4, 0.5) is 0 Å². The van der Waals surface area contributed by atoms with Crippen molar-refractivity contribution >= 4 is 11.3 Å². The van der Waals surface area contributed by atoms with E-state index in [2.05, 4.69) is 17.3 Å². The molecule has 78 valence electrons. The second-order valence-corrected chi connectivity index (χ2v) is 4.67. The summed E-state index contributed by atoms with van der Waals surface area (Å²) in [5.74, 6) is 0.317. The first-order chi connectivity index (χ1) is 6.81. The first-order valence-corrected chi connectivity index (χ1v) is 5.97. The Bertz CT molecular complexity index is 300. The smallest absolute Gasteiger partial charge is 0.0928 e. The highest BCUT2D eigenvalue weighted by Crippen LogP contribution is 2.26. The van der Waals surface area contributed by atoms with Crippen molar-refractivity contribution in [2.24, 2.45) is 5.73 Å². The van der Waals surface area contributed by atoms with Crippen molar-refractivity contribution in [3.05, 3.63) is 16.1 Å². The largest absolute Gasteiger partial charge is 0.379 e. The van der Waals surface area contributed by atoms with Crippen LogP contribution >= 0.6 is 11.3 Å². The first kappa shape index (κ1) is 10.1. The molecule has 3 nitrogen and oxygen atoms in total. The number of hydrogen-bond donors (Lipinski definition) is 1. The van der Waals surface area contributed by atoms with Crippen LogP contribution in [-0.2, 0) is 11.2 Å². The molecule has 2 atom stereocenters. The van der Waals surface area contributed by atoms with E-state index in [0.29, 0.717) is 12.5 Å². The van der Waals surface area contributed by atoms with Crippen molar-refractivity contribution in [2.75, 3.05) is 13.2 Å². The molecule has 0 aliphatic carbocycles. The molecule has 4 heteroatoms. The summed E-state index contributed by atoms with van der Waals surface area (Å²) < 4.78 is 5.33. The zero-order chi connectivity index (χ0) is 9.97. The van der Waals surface area contributed by atoms with Crippen molar-refractivity contribution in [1.82, 2.24) is 4.98 Å². The molecule has 0 aromatic carbocycles. The van der Waals surface area contributed by atoms with Gasteiger partial charge in [0.05, 0.1) is 23.9 Å². The van der Waals surface area contributed by atoms with Gasteiger partial charge in [-0.1, -0.05) is 6.92 Å². The molecule has 0 spiro atoms. The molecule has 1 fully saturated rings. The number of nitrogens with zero attached hydrogens (tertiary/aromatic N) is 1. The highest BCUT2D eigenvalue weighted by Gasteiger charge is 2.28. The summed E-state index contributed by atoms with van der Waals surface area (Å²) in [6.07, 6.45) is 2.23. The first-order valence-electron chi connectivity index (χ1n) is 5.09. The predicted octanol–water partition coefficient (Wildman–Crippen LogP) is 1.54. The van der Waals surface area contributed by atoms with Crippen molar-refractivity contribution in [1.29, 1.82) is 0 Å². The predicted molar refractivity (Wildman–Crippen MR) is 57.6 cm³/mol. The average Bonchev–Trinajstić information content (AvgIpc) is 2.74. The van der Waals surface area contributed by atoms with Crippen LogP contribution in [-0.4, -0.2) is 24.2 Å². The van der Waals surface area contributed by atoms with Gasteiger partial charge in [-0.2, -0.15) is 0 Å². The van der Waals surface area contributed by atoms with Crippen LogP contribution in [0.5, 0.6) is 0 Å². The van der Waals surface area contributed by atoms with Gasteiger partial charge in [-0.15, -0.1) is 11.3 Å². The number of nitrogens with two attached hydrogens (primary N) is 1. The molecule has 1 aliphatic rings. The molecule has 1 aromatic heterocycles. The van der Waals surface area contributed by atoms with E-state index in [4.69, 9.17) is 10.5 Å². The minimum Gasteiger partial charge on any atom is -0.379 e. The maximum Gasteiger partial charge on any atom is 0.0928 e. The number of ether oxygens (including phenoxy) is 1. The van der Waals surface area contributed by atoms with Crippen molar-refractivity contribution in [3.63, 3.8) is 0 Å². The summed E-state index contributed by atoms with van der Waals surface area (Å²) in [4.78, 5) is 4.59. The Morgan fingerprint density at radius 1 is 1.64 bits per heavy atom. The van der Waals surface area contributed by atoms with Gasteiger partial charge in [-0.25, -0.2) is 4.98 Å². The summed E-state index contributed by atoms with van der Waals surface area (Å²) in [5.41, 5.74) is 7.06. The van der Waals surface area contributed by atoms with E-state index in [1.54, 1.807) is 11.3 Å². The third kappa shape index (κ3) is 1.97. The molecular formula is C10H16N2OS. The van der Waals surface area contributed by atoms with Gasteiger partial charge in [-0.3, -0.25) is 0 Å². The molecule has 0 saturated carbocycles. The molecule has 0 bridgehead atoms. The maximum absolute atomic E-state index is 5.93. The Kier molecular flexibility index (Phi) is 3.15. The van der Waals surface area contributed by atoms with E-state index in [1.807, 2.05) is 0 Å². The lowest BCUT2D eigenvalue weighted by molar-refractivity contribution is 0.190. The van der Waals surface area contributed by atoms with Gasteiger partial charge in [-0.05, 0) is 12.8 Å². The average molecular weight is 212 g/mol. The number of aryl methyl sites for hydroxylation is 1. The molecule has 2 heterocycles. The van der Waals surface area contributed by atoms with Crippen LogP contribution in [0.25, 0.3) is 0 Å². The van der Waals surface area contributed by atoms with Crippen LogP contribution in [0.3, 0.4) is 0 Å². The van der Waals surface area contributed by atoms with E-state index >= 15 is 0 Å². The van der Waals surface area contributed by atoms with E-state index in [-0.39, 0.29) is 6.04 Å². The molecule has 0 amide bonds. The van der Waals surface area contributed by atoms with E-state index in [0.717, 1.165) is 25.1 Å². The minimum absolute atomic E-state index is 0.131. The maximum atomic E-state index is 5.93. The van der Waals surface area contributed by atoms with Crippen molar-refractivity contribution in [3.8, 4) is 0 Å². The monoisotopic (exact) mass is 212 g/mol. The van der Waals surface area contributed by atoms with Gasteiger partial charge >= 0.3 is 0 Å². The Morgan fingerprint density at radius 2 is 2.50 bits per heavy atom. The Balaban J connectivity index is 2.08. The van der Waals surface area contributed by atoms with Crippen LogP contribution in [0, 0.1) is 0 Å². The second kappa shape index (κ2) is 4.38. The zero-order valence-electron chi connectivity index (χ0n) is 8.40. The molecule has 2 unspecified atom stereocenters. The molecule has 1 aliphatic heterocycles. The van der Waals surface area contributed by atoms with Gasteiger partial charge in [0.2, 0.25) is 0 Å². The zero-order valence-corrected chi connectivity index (χ0v) is 9.22. The van der Waals surface area contributed by atoms with Gasteiger partial charge in [0.15, 0.2) is 0 Å². The SMILES string of the molecule is CCCc1nc(C2COCC2N)cs1. The van der Waals surface area contributed by atoms with E-state index < -0.39 is 0 Å². The lowest BCUT2D eigenvalue weighted by Gasteiger charge is -2.08. The summed E-state index contributed by atoms with van der Waals surface area (Å²) in [7, 11) is 0. The lowest BCUT2D eigenvalue weighted by atomic mass is 10.0. The van der Waals surface area contributed by atoms with Crippen molar-refractivity contribution in [2.45, 2.75) is 31.7 Å². The van der Waals surface area contributed by atoms with Crippen molar-refractivity contribution < 1.29 is 4.74 Å². The van der Waals surface area contributed by atoms with Crippen LogP contribution in [0.15, 0.2) is 5.38 Å². The molecule has 1 saturated heterocycles. The summed E-state index contributed by atoms with van der Waals surface area (Å²) in [6, 6.07) is 0.131. The topological polar surface area (TPSA) is 48.1 Å². The quantitative estimate of drug-likeness (QED) is 0.826. The highest BCUT2D eigenvalue weighted by atomic mass is 32.1. The molecule has 2 rings (SSSR count). The fourth-order valence-electron chi connectivity index (χ4n) is 1.70. The third-order valence-electron chi connectivity index (χ3n) is 2.54. The van der Waals surface area contributed by atoms with Gasteiger partial charge in [0.25, 0.3) is 0 Å². The fraction of sp³-hybridized carbons (Fsp3) is 0.700. The van der Waals surface area contributed by atoms with Crippen LogP contribution in [0.1, 0.15) is 30.0 Å². The third-order valence-corrected chi connectivity index (χ3v) is 3.46. The molecule has 2 N–H and O–H groups in total. The molecule has 14 heavy (non-hydrogen) atoms. The van der Waals surface area contributed by atoms with Crippen LogP contribution in [0.2, 0.25) is 0 Å². The summed E-state index contributed by atoms with van der Waals surface area (Å²) in [6.45, 7) is 3.58. The Labute approximate surface area is 88.3 Å². The van der Waals surface area contributed by atoms with Crippen LogP contribution < -0.4 is 5.73 Å². The number of aromatic nitrogens is 1. The Morgan fingerprint density at radius 3 is 3.14 bits per heavy atom. The highest BCUT2D eigenvalue weighted by molar-refractivity contribution is 7.09.